The third kappa shape index (κ3) is 2.82. The topological polar surface area (TPSA) is 75.4 Å². The summed E-state index contributed by atoms with van der Waals surface area (Å²) < 4.78 is 4.87. The van der Waals surface area contributed by atoms with Crippen LogP contribution in [-0.2, 0) is 6.61 Å². The first-order chi connectivity index (χ1) is 9.01. The van der Waals surface area contributed by atoms with E-state index in [2.05, 4.69) is 10.5 Å². The van der Waals surface area contributed by atoms with Crippen molar-refractivity contribution < 1.29 is 14.4 Å². The second-order valence-electron chi connectivity index (χ2n) is 4.57. The molecule has 2 rings (SSSR count). The second-order valence-corrected chi connectivity index (χ2v) is 4.57. The van der Waals surface area contributed by atoms with Gasteiger partial charge in [0, 0.05) is 11.8 Å². The number of anilines is 1. The molecule has 2 aromatic rings. The summed E-state index contributed by atoms with van der Waals surface area (Å²) in [6.45, 7) is 5.64. The van der Waals surface area contributed by atoms with Crippen molar-refractivity contribution in [2.24, 2.45) is 0 Å². The molecule has 5 nitrogen and oxygen atoms in total. The maximum atomic E-state index is 12.0. The third-order valence-corrected chi connectivity index (χ3v) is 2.86. The molecule has 0 aliphatic carbocycles. The van der Waals surface area contributed by atoms with E-state index in [-0.39, 0.29) is 18.3 Å². The Kier molecular flexibility index (Phi) is 3.66. The minimum atomic E-state index is -0.373. The number of hydrogen-bond donors (Lipinski definition) is 2. The standard InChI is InChI=1S/C14H16N2O3/c1-8-4-9(2)13(10(3)5-8)15-14(18)12-6-11(7-17)16-19-12/h4-6,17H,7H2,1-3H3,(H,15,18). The predicted molar refractivity (Wildman–Crippen MR) is 71.0 cm³/mol. The minimum Gasteiger partial charge on any atom is -0.390 e. The van der Waals surface area contributed by atoms with E-state index in [9.17, 15) is 4.79 Å². The van der Waals surface area contributed by atoms with Gasteiger partial charge in [-0.2, -0.15) is 0 Å². The molecule has 0 atom stereocenters. The summed E-state index contributed by atoms with van der Waals surface area (Å²) in [6.07, 6.45) is 0. The smallest absolute Gasteiger partial charge is 0.294 e. The SMILES string of the molecule is Cc1cc(C)c(NC(=O)c2cc(CO)no2)c(C)c1. The van der Waals surface area contributed by atoms with Gasteiger partial charge in [0.2, 0.25) is 5.76 Å². The number of carbonyl (C=O) groups is 1. The molecule has 0 saturated heterocycles. The number of nitrogens with one attached hydrogen (secondary N) is 1. The molecule has 0 bridgehead atoms. The van der Waals surface area contributed by atoms with E-state index in [1.54, 1.807) is 0 Å². The zero-order valence-corrected chi connectivity index (χ0v) is 11.2. The van der Waals surface area contributed by atoms with Crippen LogP contribution in [0, 0.1) is 20.8 Å². The number of nitrogens with zero attached hydrogens (tertiary/aromatic N) is 1. The van der Waals surface area contributed by atoms with E-state index in [0.717, 1.165) is 22.4 Å². The number of aliphatic hydroxyl groups excluding tert-OH is 1. The van der Waals surface area contributed by atoms with Gasteiger partial charge in [0.25, 0.3) is 5.91 Å². The van der Waals surface area contributed by atoms with Crippen LogP contribution >= 0.6 is 0 Å². The highest BCUT2D eigenvalue weighted by Crippen LogP contribution is 2.22. The lowest BCUT2D eigenvalue weighted by molar-refractivity contribution is 0.0987. The lowest BCUT2D eigenvalue weighted by Crippen LogP contribution is -2.13. The van der Waals surface area contributed by atoms with Crippen molar-refractivity contribution in [3.8, 4) is 0 Å². The first-order valence-corrected chi connectivity index (χ1v) is 5.97. The van der Waals surface area contributed by atoms with Crippen molar-refractivity contribution in [2.75, 3.05) is 5.32 Å². The summed E-state index contributed by atoms with van der Waals surface area (Å²) in [7, 11) is 0. The number of hydrogen-bond acceptors (Lipinski definition) is 4. The molecule has 2 N–H and O–H groups in total. The summed E-state index contributed by atoms with van der Waals surface area (Å²) in [6, 6.07) is 5.43. The lowest BCUT2D eigenvalue weighted by Gasteiger charge is -2.11. The molecule has 0 aliphatic rings. The molecule has 1 heterocycles. The molecule has 19 heavy (non-hydrogen) atoms. The molecular formula is C14H16N2O3. The zero-order valence-electron chi connectivity index (χ0n) is 11.2. The fourth-order valence-electron chi connectivity index (χ4n) is 2.05. The van der Waals surface area contributed by atoms with Crippen molar-refractivity contribution >= 4 is 11.6 Å². The fraction of sp³-hybridized carbons (Fsp3) is 0.286. The molecule has 0 unspecified atom stereocenters. The van der Waals surface area contributed by atoms with Crippen molar-refractivity contribution in [1.29, 1.82) is 0 Å². The number of aliphatic hydroxyl groups is 1. The highest BCUT2D eigenvalue weighted by atomic mass is 16.5. The molecule has 1 amide bonds. The monoisotopic (exact) mass is 260 g/mol. The normalized spacial score (nSPS) is 10.5. The molecule has 0 radical (unpaired) electrons. The van der Waals surface area contributed by atoms with E-state index >= 15 is 0 Å². The van der Waals surface area contributed by atoms with Gasteiger partial charge in [-0.05, 0) is 31.9 Å². The van der Waals surface area contributed by atoms with E-state index in [4.69, 9.17) is 9.63 Å². The second kappa shape index (κ2) is 5.24. The van der Waals surface area contributed by atoms with Crippen LogP contribution in [0.3, 0.4) is 0 Å². The van der Waals surface area contributed by atoms with Crippen molar-refractivity contribution in [1.82, 2.24) is 5.16 Å². The highest BCUT2D eigenvalue weighted by molar-refractivity contribution is 6.03. The molecule has 1 aromatic carbocycles. The third-order valence-electron chi connectivity index (χ3n) is 2.86. The minimum absolute atomic E-state index is 0.0865. The van der Waals surface area contributed by atoms with Crippen LogP contribution in [0.2, 0.25) is 0 Å². The van der Waals surface area contributed by atoms with Gasteiger partial charge >= 0.3 is 0 Å². The van der Waals surface area contributed by atoms with Gasteiger partial charge in [0.1, 0.15) is 5.69 Å². The van der Waals surface area contributed by atoms with Crippen LogP contribution in [-0.4, -0.2) is 16.2 Å². The van der Waals surface area contributed by atoms with Crippen molar-refractivity contribution in [3.05, 3.63) is 46.3 Å². The Balaban J connectivity index is 2.24. The highest BCUT2D eigenvalue weighted by Gasteiger charge is 2.15. The van der Waals surface area contributed by atoms with Gasteiger partial charge in [-0.25, -0.2) is 0 Å². The summed E-state index contributed by atoms with van der Waals surface area (Å²) in [5.74, 6) is -0.286. The van der Waals surface area contributed by atoms with Crippen LogP contribution in [0.15, 0.2) is 22.7 Å². The number of aromatic nitrogens is 1. The summed E-state index contributed by atoms with van der Waals surface area (Å²) in [5, 5.41) is 15.3. The molecular weight excluding hydrogens is 244 g/mol. The van der Waals surface area contributed by atoms with Crippen LogP contribution in [0.4, 0.5) is 5.69 Å². The van der Waals surface area contributed by atoms with Crippen molar-refractivity contribution in [3.63, 3.8) is 0 Å². The quantitative estimate of drug-likeness (QED) is 0.888. The van der Waals surface area contributed by atoms with Crippen LogP contribution in [0.5, 0.6) is 0 Å². The molecule has 0 saturated carbocycles. The Hall–Kier alpha value is -2.14. The Morgan fingerprint density at radius 3 is 2.42 bits per heavy atom. The van der Waals surface area contributed by atoms with Gasteiger partial charge in [0.15, 0.2) is 0 Å². The predicted octanol–water partition coefficient (Wildman–Crippen LogP) is 2.34. The summed E-state index contributed by atoms with van der Waals surface area (Å²) >= 11 is 0. The van der Waals surface area contributed by atoms with Crippen LogP contribution in [0.25, 0.3) is 0 Å². The van der Waals surface area contributed by atoms with Gasteiger partial charge in [0.05, 0.1) is 6.61 Å². The molecule has 100 valence electrons. The molecule has 5 heteroatoms. The van der Waals surface area contributed by atoms with Gasteiger partial charge in [-0.15, -0.1) is 0 Å². The first-order valence-electron chi connectivity index (χ1n) is 5.97. The average Bonchev–Trinajstić information content (AvgIpc) is 2.82. The molecule has 0 aliphatic heterocycles. The Bertz CT molecular complexity index is 594. The van der Waals surface area contributed by atoms with Crippen LogP contribution < -0.4 is 5.32 Å². The number of aryl methyl sites for hydroxylation is 3. The maximum Gasteiger partial charge on any atom is 0.294 e. The first kappa shape index (κ1) is 13.3. The van der Waals surface area contributed by atoms with Crippen molar-refractivity contribution in [2.45, 2.75) is 27.4 Å². The Morgan fingerprint density at radius 2 is 1.89 bits per heavy atom. The van der Waals surface area contributed by atoms with E-state index < -0.39 is 0 Å². The van der Waals surface area contributed by atoms with E-state index in [0.29, 0.717) is 5.69 Å². The Labute approximate surface area is 111 Å². The molecule has 0 fully saturated rings. The van der Waals surface area contributed by atoms with Gasteiger partial charge in [-0.3, -0.25) is 4.79 Å². The molecule has 0 spiro atoms. The number of benzene rings is 1. The fourth-order valence-corrected chi connectivity index (χ4v) is 2.05. The molecule has 1 aromatic heterocycles. The van der Waals surface area contributed by atoms with Gasteiger partial charge < -0.3 is 14.9 Å². The number of carbonyl (C=O) groups excluding carboxylic acids is 1. The average molecular weight is 260 g/mol. The summed E-state index contributed by atoms with van der Waals surface area (Å²) in [4.78, 5) is 12.0. The van der Waals surface area contributed by atoms with E-state index in [1.807, 2.05) is 32.9 Å². The zero-order chi connectivity index (χ0) is 14.0. The lowest BCUT2D eigenvalue weighted by atomic mass is 10.1. The van der Waals surface area contributed by atoms with Gasteiger partial charge in [-0.1, -0.05) is 22.9 Å². The Morgan fingerprint density at radius 1 is 1.26 bits per heavy atom. The number of amides is 1. The summed E-state index contributed by atoms with van der Waals surface area (Å²) in [5.41, 5.74) is 4.25. The van der Waals surface area contributed by atoms with Crippen LogP contribution in [0.1, 0.15) is 32.9 Å². The van der Waals surface area contributed by atoms with E-state index in [1.165, 1.54) is 6.07 Å². The number of rotatable bonds is 3. The maximum absolute atomic E-state index is 12.0. The largest absolute Gasteiger partial charge is 0.390 e.